The van der Waals surface area contributed by atoms with Crippen LogP contribution in [-0.2, 0) is 68.8 Å². The van der Waals surface area contributed by atoms with E-state index in [4.69, 9.17) is 23.1 Å². The molecule has 0 aromatic carbocycles. The van der Waals surface area contributed by atoms with Crippen LogP contribution in [0.2, 0.25) is 0 Å². The number of hydrogen-bond acceptors (Lipinski definition) is 14. The molecule has 0 spiro atoms. The minimum Gasteiger partial charge on any atom is -0.381 e. The van der Waals surface area contributed by atoms with Gasteiger partial charge in [0.15, 0.2) is 0 Å². The third-order valence-corrected chi connectivity index (χ3v) is 10.5. The SMILES string of the molecule is C=C(C)C(=O)NCCCCCCOCCCS(C)(=O)=O.C=C(C)C(=O)NCCCS(=O)(=O)O.C=C(C)C(=O)NCCOCCCS(=O)(=O)O.C=CC(=O)NC(C)(C)CS(=O)(=O)O. The lowest BCUT2D eigenvalue weighted by Crippen LogP contribution is -2.47. The Morgan fingerprint density at radius 2 is 0.919 bits per heavy atom. The van der Waals surface area contributed by atoms with E-state index in [0.717, 1.165) is 31.8 Å². The zero-order chi connectivity index (χ0) is 49.2. The van der Waals surface area contributed by atoms with Gasteiger partial charge in [-0.25, -0.2) is 8.42 Å². The van der Waals surface area contributed by atoms with Crippen LogP contribution in [0, 0.1) is 0 Å². The minimum atomic E-state index is -4.08. The van der Waals surface area contributed by atoms with E-state index in [1.54, 1.807) is 20.8 Å². The molecule has 0 radical (unpaired) electrons. The average Bonchev–Trinajstić information content (AvgIpc) is 3.09. The first-order valence-corrected chi connectivity index (χ1v) is 26.0. The monoisotopic (exact) mass is 970 g/mol. The van der Waals surface area contributed by atoms with E-state index >= 15 is 0 Å². The number of carbonyl (C=O) groups is 4. The van der Waals surface area contributed by atoms with Crippen molar-refractivity contribution >= 4 is 63.8 Å². The highest BCUT2D eigenvalue weighted by Gasteiger charge is 2.25. The third kappa shape index (κ3) is 56.4. The molecule has 0 aromatic heterocycles. The molecule has 62 heavy (non-hydrogen) atoms. The van der Waals surface area contributed by atoms with E-state index in [2.05, 4.69) is 47.6 Å². The zero-order valence-electron chi connectivity index (χ0n) is 36.8. The molecule has 0 heterocycles. The van der Waals surface area contributed by atoms with Crippen LogP contribution in [-0.4, -0.2) is 152 Å². The number of hydrogen-bond donors (Lipinski definition) is 7. The van der Waals surface area contributed by atoms with Crippen LogP contribution in [0.1, 0.15) is 79.6 Å². The Kier molecular flexibility index (Phi) is 36.6. The van der Waals surface area contributed by atoms with Gasteiger partial charge in [-0.1, -0.05) is 39.2 Å². The van der Waals surface area contributed by atoms with Crippen LogP contribution in [0.25, 0.3) is 0 Å². The van der Waals surface area contributed by atoms with Crippen LogP contribution >= 0.6 is 0 Å². The summed E-state index contributed by atoms with van der Waals surface area (Å²) in [4.78, 5) is 43.8. The second-order valence-electron chi connectivity index (χ2n) is 14.3. The maximum atomic E-state index is 11.2. The minimum absolute atomic E-state index is 0.0841. The second kappa shape index (κ2) is 34.9. The smallest absolute Gasteiger partial charge is 0.267 e. The van der Waals surface area contributed by atoms with E-state index in [-0.39, 0.29) is 61.0 Å². The van der Waals surface area contributed by atoms with Crippen LogP contribution in [0.4, 0.5) is 0 Å². The van der Waals surface area contributed by atoms with Crippen molar-refractivity contribution < 1.29 is 76.0 Å². The molecule has 0 aliphatic rings. The van der Waals surface area contributed by atoms with Crippen molar-refractivity contribution in [2.45, 2.75) is 85.1 Å². The molecule has 0 fully saturated rings. The molecule has 0 atom stereocenters. The summed E-state index contributed by atoms with van der Waals surface area (Å²) in [5.74, 6) is -2.10. The lowest BCUT2D eigenvalue weighted by Gasteiger charge is -2.23. The molecule has 21 nitrogen and oxygen atoms in total. The van der Waals surface area contributed by atoms with Gasteiger partial charge in [0.1, 0.15) is 9.84 Å². The van der Waals surface area contributed by atoms with Gasteiger partial charge in [0.05, 0.1) is 35.2 Å². The highest BCUT2D eigenvalue weighted by atomic mass is 32.2. The van der Waals surface area contributed by atoms with E-state index in [0.29, 0.717) is 56.1 Å². The highest BCUT2D eigenvalue weighted by molar-refractivity contribution is 7.90. The predicted octanol–water partition coefficient (Wildman–Crippen LogP) is 1.58. The van der Waals surface area contributed by atoms with Crippen molar-refractivity contribution in [3.63, 3.8) is 0 Å². The van der Waals surface area contributed by atoms with E-state index < -0.39 is 57.4 Å². The summed E-state index contributed by atoms with van der Waals surface area (Å²) in [5.41, 5.74) is 0.324. The number of sulfone groups is 1. The zero-order valence-corrected chi connectivity index (χ0v) is 40.1. The number of carbonyl (C=O) groups excluding carboxylic acids is 4. The number of unbranched alkanes of at least 4 members (excludes halogenated alkanes) is 3. The molecule has 0 aliphatic heterocycles. The normalized spacial score (nSPS) is 11.4. The largest absolute Gasteiger partial charge is 0.381 e. The molecular weight excluding hydrogens is 901 g/mol. The Labute approximate surface area is 369 Å². The van der Waals surface area contributed by atoms with Crippen LogP contribution < -0.4 is 21.3 Å². The van der Waals surface area contributed by atoms with E-state index in [1.165, 1.54) is 20.1 Å². The molecule has 0 saturated carbocycles. The lowest BCUT2D eigenvalue weighted by atomic mass is 10.1. The van der Waals surface area contributed by atoms with Crippen molar-refractivity contribution in [3.8, 4) is 0 Å². The molecule has 7 N–H and O–H groups in total. The first-order chi connectivity index (χ1) is 28.1. The summed E-state index contributed by atoms with van der Waals surface area (Å²) in [6.07, 6.45) is 7.26. The molecule has 0 aliphatic carbocycles. The summed E-state index contributed by atoms with van der Waals surface area (Å²) in [6.45, 7) is 24.4. The maximum Gasteiger partial charge on any atom is 0.267 e. The Hall–Kier alpha value is -3.56. The van der Waals surface area contributed by atoms with Gasteiger partial charge in [0, 0.05) is 62.4 Å². The number of rotatable bonds is 29. The molecular formula is C37H70N4O17S4. The van der Waals surface area contributed by atoms with E-state index in [9.17, 15) is 52.8 Å². The van der Waals surface area contributed by atoms with Gasteiger partial charge >= 0.3 is 0 Å². The Morgan fingerprint density at radius 3 is 1.32 bits per heavy atom. The van der Waals surface area contributed by atoms with Gasteiger partial charge in [-0.3, -0.25) is 32.8 Å². The first kappa shape index (κ1) is 65.1. The fraction of sp³-hybridized carbons (Fsp3) is 0.676. The quantitative estimate of drug-likeness (QED) is 0.0318. The standard InChI is InChI=1S/C14H27NO4S.C9H17NO5S.2C7H13NO4S/c1-13(2)14(16)15-9-6-4-5-7-10-19-11-8-12-20(3,17)18;1-8(2)9(11)10-4-6-15-5-3-7-16(12,13)14;1-6(2)7(9)8-4-3-5-13(10,11)12;1-4-6(9)8-7(2,3)5-13(10,11)12/h1,4-12H2,2-3H3,(H,15,16);1,3-7H2,2H3,(H,10,11)(H,12,13,14);1,3-5H2,2H3,(H,8,9)(H,10,11,12);4H,1,5H2,2-3H3,(H,8,9)(H,10,11,12). The molecule has 0 unspecified atom stereocenters. The molecule has 0 rings (SSSR count). The van der Waals surface area contributed by atoms with Gasteiger partial charge in [-0.05, 0) is 72.8 Å². The van der Waals surface area contributed by atoms with Gasteiger partial charge in [0.2, 0.25) is 23.6 Å². The molecule has 0 aromatic rings. The van der Waals surface area contributed by atoms with Crippen molar-refractivity contribution in [1.82, 2.24) is 21.3 Å². The molecule has 0 bridgehead atoms. The van der Waals surface area contributed by atoms with Crippen molar-refractivity contribution in [3.05, 3.63) is 49.1 Å². The highest BCUT2D eigenvalue weighted by Crippen LogP contribution is 2.05. The molecule has 0 saturated heterocycles. The Balaban J connectivity index is -0.000000368. The molecule has 25 heteroatoms. The fourth-order valence-electron chi connectivity index (χ4n) is 3.88. The second-order valence-corrected chi connectivity index (χ2v) is 21.2. The van der Waals surface area contributed by atoms with Crippen molar-refractivity contribution in [2.75, 3.05) is 75.3 Å². The third-order valence-electron chi connectivity index (χ3n) is 6.75. The predicted molar refractivity (Wildman–Crippen MR) is 239 cm³/mol. The summed E-state index contributed by atoms with van der Waals surface area (Å²) in [5, 5.41) is 10.2. The Morgan fingerprint density at radius 1 is 0.548 bits per heavy atom. The van der Waals surface area contributed by atoms with Crippen LogP contribution in [0.5, 0.6) is 0 Å². The summed E-state index contributed by atoms with van der Waals surface area (Å²) >= 11 is 0. The fourth-order valence-corrected chi connectivity index (χ4v) is 6.50. The van der Waals surface area contributed by atoms with E-state index in [1.807, 2.05) is 0 Å². The molecule has 4 amide bonds. The number of nitrogens with one attached hydrogen (secondary N) is 4. The topological polar surface area (TPSA) is 332 Å². The van der Waals surface area contributed by atoms with Gasteiger partial charge in [-0.15, -0.1) is 0 Å². The maximum absolute atomic E-state index is 11.2. The average molecular weight is 971 g/mol. The van der Waals surface area contributed by atoms with Crippen LogP contribution in [0.15, 0.2) is 49.1 Å². The van der Waals surface area contributed by atoms with Gasteiger partial charge in [0.25, 0.3) is 30.4 Å². The van der Waals surface area contributed by atoms with Gasteiger partial charge < -0.3 is 30.7 Å². The lowest BCUT2D eigenvalue weighted by molar-refractivity contribution is -0.118. The summed E-state index contributed by atoms with van der Waals surface area (Å²) < 4.78 is 119. The van der Waals surface area contributed by atoms with Gasteiger partial charge in [-0.2, -0.15) is 25.3 Å². The number of ether oxygens (including phenoxy) is 2. The molecule has 364 valence electrons. The summed E-state index contributed by atoms with van der Waals surface area (Å²) in [6, 6.07) is 0. The number of amides is 4. The first-order valence-electron chi connectivity index (χ1n) is 19.1. The van der Waals surface area contributed by atoms with Crippen molar-refractivity contribution in [2.24, 2.45) is 0 Å². The van der Waals surface area contributed by atoms with Crippen molar-refractivity contribution in [1.29, 1.82) is 0 Å². The van der Waals surface area contributed by atoms with Crippen LogP contribution in [0.3, 0.4) is 0 Å². The Bertz CT molecular complexity index is 1860. The summed E-state index contributed by atoms with van der Waals surface area (Å²) in [7, 11) is -14.8.